The first kappa shape index (κ1) is 8.02. The van der Waals surface area contributed by atoms with Crippen LogP contribution in [0.15, 0.2) is 0 Å². The summed E-state index contributed by atoms with van der Waals surface area (Å²) < 4.78 is 5.57. The molecular formula is C8H16O2. The van der Waals surface area contributed by atoms with Crippen LogP contribution in [0.3, 0.4) is 0 Å². The maximum atomic E-state index is 8.94. The molecular weight excluding hydrogens is 128 g/mol. The molecule has 1 saturated heterocycles. The summed E-state index contributed by atoms with van der Waals surface area (Å²) in [6.07, 6.45) is 3.63. The zero-order chi connectivity index (χ0) is 7.61. The normalized spacial score (nSPS) is 41.7. The minimum atomic E-state index is -0.252. The van der Waals surface area contributed by atoms with Crippen LogP contribution in [0.2, 0.25) is 0 Å². The van der Waals surface area contributed by atoms with Gasteiger partial charge in [0, 0.05) is 0 Å². The molecule has 2 atom stereocenters. The lowest BCUT2D eigenvalue weighted by Gasteiger charge is -2.35. The average molecular weight is 144 g/mol. The van der Waals surface area contributed by atoms with E-state index in [9.17, 15) is 0 Å². The summed E-state index contributed by atoms with van der Waals surface area (Å²) in [7, 11) is 0. The van der Waals surface area contributed by atoms with Gasteiger partial charge in [-0.2, -0.15) is 0 Å². The van der Waals surface area contributed by atoms with Gasteiger partial charge < -0.3 is 9.84 Å². The molecule has 0 bridgehead atoms. The smallest absolute Gasteiger partial charge is 0.0887 e. The highest BCUT2D eigenvalue weighted by Crippen LogP contribution is 2.27. The molecule has 1 aliphatic rings. The van der Waals surface area contributed by atoms with E-state index in [1.807, 2.05) is 6.92 Å². The van der Waals surface area contributed by atoms with Gasteiger partial charge in [0.05, 0.1) is 18.3 Å². The van der Waals surface area contributed by atoms with Gasteiger partial charge >= 0.3 is 0 Å². The van der Waals surface area contributed by atoms with E-state index in [0.29, 0.717) is 6.10 Å². The van der Waals surface area contributed by atoms with Crippen molar-refractivity contribution in [1.29, 1.82) is 0 Å². The number of rotatable bonds is 1. The first-order chi connectivity index (χ1) is 4.66. The van der Waals surface area contributed by atoms with Gasteiger partial charge in [0.15, 0.2) is 0 Å². The van der Waals surface area contributed by atoms with E-state index in [1.54, 1.807) is 0 Å². The van der Waals surface area contributed by atoms with Crippen molar-refractivity contribution in [2.45, 2.75) is 44.8 Å². The third kappa shape index (κ3) is 1.70. The average Bonchev–Trinajstić information content (AvgIpc) is 1.88. The van der Waals surface area contributed by atoms with Crippen LogP contribution in [0.5, 0.6) is 0 Å². The largest absolute Gasteiger partial charge is 0.393 e. The van der Waals surface area contributed by atoms with E-state index in [1.165, 1.54) is 6.42 Å². The predicted octanol–water partition coefficient (Wildman–Crippen LogP) is 1.33. The van der Waals surface area contributed by atoms with Crippen LogP contribution in [0.4, 0.5) is 0 Å². The lowest BCUT2D eigenvalue weighted by molar-refractivity contribution is -0.132. The van der Waals surface area contributed by atoms with E-state index < -0.39 is 0 Å². The van der Waals surface area contributed by atoms with Crippen LogP contribution in [0, 0.1) is 0 Å². The van der Waals surface area contributed by atoms with Crippen molar-refractivity contribution in [2.24, 2.45) is 0 Å². The lowest BCUT2D eigenvalue weighted by atomic mass is 9.94. The highest BCUT2D eigenvalue weighted by molar-refractivity contribution is 4.79. The summed E-state index contributed by atoms with van der Waals surface area (Å²) >= 11 is 0. The Morgan fingerprint density at radius 3 is 2.80 bits per heavy atom. The summed E-state index contributed by atoms with van der Waals surface area (Å²) in [6.45, 7) is 4.19. The molecule has 0 radical (unpaired) electrons. The molecule has 1 fully saturated rings. The second-order valence-corrected chi connectivity index (χ2v) is 3.43. The molecule has 1 heterocycles. The fourth-order valence-electron chi connectivity index (χ4n) is 1.48. The third-order valence-corrected chi connectivity index (χ3v) is 2.14. The Kier molecular flexibility index (Phi) is 2.32. The molecule has 0 aromatic carbocycles. The SMILES string of the molecule is C[C@H]1CCC[C@@](C)(CO)O1. The lowest BCUT2D eigenvalue weighted by Crippen LogP contribution is -2.39. The first-order valence-corrected chi connectivity index (χ1v) is 3.95. The highest BCUT2D eigenvalue weighted by Gasteiger charge is 2.29. The van der Waals surface area contributed by atoms with Gasteiger partial charge in [-0.1, -0.05) is 0 Å². The Hall–Kier alpha value is -0.0800. The molecule has 2 heteroatoms. The van der Waals surface area contributed by atoms with Gasteiger partial charge in [-0.15, -0.1) is 0 Å². The van der Waals surface area contributed by atoms with Crippen LogP contribution in [-0.4, -0.2) is 23.4 Å². The standard InChI is InChI=1S/C8H16O2/c1-7-4-3-5-8(2,6-9)10-7/h7,9H,3-6H2,1-2H3/t7-,8-/m0/s1. The molecule has 0 spiro atoms. The minimum Gasteiger partial charge on any atom is -0.393 e. The number of hydrogen-bond donors (Lipinski definition) is 1. The number of aliphatic hydroxyl groups excluding tert-OH is 1. The van der Waals surface area contributed by atoms with Gasteiger partial charge in [0.2, 0.25) is 0 Å². The monoisotopic (exact) mass is 144 g/mol. The Morgan fingerprint density at radius 2 is 2.40 bits per heavy atom. The predicted molar refractivity (Wildman–Crippen MR) is 39.9 cm³/mol. The van der Waals surface area contributed by atoms with Crippen molar-refractivity contribution in [3.05, 3.63) is 0 Å². The summed E-state index contributed by atoms with van der Waals surface area (Å²) in [5.41, 5.74) is -0.252. The zero-order valence-corrected chi connectivity index (χ0v) is 6.76. The Balaban J connectivity index is 2.45. The zero-order valence-electron chi connectivity index (χ0n) is 6.76. The van der Waals surface area contributed by atoms with Gasteiger partial charge in [0.25, 0.3) is 0 Å². The van der Waals surface area contributed by atoms with E-state index in [-0.39, 0.29) is 12.2 Å². The molecule has 10 heavy (non-hydrogen) atoms. The fourth-order valence-corrected chi connectivity index (χ4v) is 1.48. The Labute approximate surface area is 62.2 Å². The van der Waals surface area contributed by atoms with Crippen molar-refractivity contribution in [3.8, 4) is 0 Å². The molecule has 0 amide bonds. The highest BCUT2D eigenvalue weighted by atomic mass is 16.5. The molecule has 0 unspecified atom stereocenters. The van der Waals surface area contributed by atoms with Gasteiger partial charge in [-0.05, 0) is 33.1 Å². The summed E-state index contributed by atoms with van der Waals surface area (Å²) in [5, 5.41) is 8.94. The van der Waals surface area contributed by atoms with Crippen molar-refractivity contribution >= 4 is 0 Å². The van der Waals surface area contributed by atoms with Crippen LogP contribution >= 0.6 is 0 Å². The summed E-state index contributed by atoms with van der Waals surface area (Å²) in [6, 6.07) is 0. The minimum absolute atomic E-state index is 0.150. The number of hydrogen-bond acceptors (Lipinski definition) is 2. The fraction of sp³-hybridized carbons (Fsp3) is 1.00. The summed E-state index contributed by atoms with van der Waals surface area (Å²) in [4.78, 5) is 0. The van der Waals surface area contributed by atoms with Crippen LogP contribution in [0.25, 0.3) is 0 Å². The van der Waals surface area contributed by atoms with E-state index in [0.717, 1.165) is 12.8 Å². The van der Waals surface area contributed by atoms with Gasteiger partial charge in [-0.25, -0.2) is 0 Å². The molecule has 0 aromatic rings. The van der Waals surface area contributed by atoms with E-state index in [2.05, 4.69) is 6.92 Å². The third-order valence-electron chi connectivity index (χ3n) is 2.14. The maximum absolute atomic E-state index is 8.94. The topological polar surface area (TPSA) is 29.5 Å². The Bertz CT molecular complexity index is 114. The van der Waals surface area contributed by atoms with Crippen LogP contribution < -0.4 is 0 Å². The second-order valence-electron chi connectivity index (χ2n) is 3.43. The molecule has 0 aliphatic carbocycles. The molecule has 60 valence electrons. The molecule has 0 aromatic heterocycles. The molecule has 1 N–H and O–H groups in total. The van der Waals surface area contributed by atoms with Gasteiger partial charge in [0.1, 0.15) is 0 Å². The van der Waals surface area contributed by atoms with Gasteiger partial charge in [-0.3, -0.25) is 0 Å². The van der Waals surface area contributed by atoms with Crippen molar-refractivity contribution in [3.63, 3.8) is 0 Å². The number of ether oxygens (including phenoxy) is 1. The van der Waals surface area contributed by atoms with E-state index >= 15 is 0 Å². The summed E-state index contributed by atoms with van der Waals surface area (Å²) in [5.74, 6) is 0. The molecule has 1 rings (SSSR count). The quantitative estimate of drug-likeness (QED) is 0.601. The van der Waals surface area contributed by atoms with E-state index in [4.69, 9.17) is 9.84 Å². The van der Waals surface area contributed by atoms with Crippen molar-refractivity contribution in [1.82, 2.24) is 0 Å². The second kappa shape index (κ2) is 2.89. The molecule has 2 nitrogen and oxygen atoms in total. The molecule has 0 saturated carbocycles. The molecule has 1 aliphatic heterocycles. The van der Waals surface area contributed by atoms with Crippen LogP contribution in [-0.2, 0) is 4.74 Å². The van der Waals surface area contributed by atoms with Crippen molar-refractivity contribution in [2.75, 3.05) is 6.61 Å². The number of aliphatic hydroxyl groups is 1. The maximum Gasteiger partial charge on any atom is 0.0887 e. The van der Waals surface area contributed by atoms with Crippen molar-refractivity contribution < 1.29 is 9.84 Å². The first-order valence-electron chi connectivity index (χ1n) is 3.95. The Morgan fingerprint density at radius 1 is 1.70 bits per heavy atom. The van der Waals surface area contributed by atoms with Crippen LogP contribution in [0.1, 0.15) is 33.1 Å².